The zero-order chi connectivity index (χ0) is 16.1. The van der Waals surface area contributed by atoms with Crippen molar-refractivity contribution in [3.63, 3.8) is 0 Å². The van der Waals surface area contributed by atoms with Gasteiger partial charge in [-0.05, 0) is 39.7 Å². The first-order valence-corrected chi connectivity index (χ1v) is 8.07. The molecule has 116 valence electrons. The van der Waals surface area contributed by atoms with Crippen LogP contribution in [0.15, 0.2) is 50.0 Å². The number of carbonyl (C=O) groups is 2. The summed E-state index contributed by atoms with van der Waals surface area (Å²) in [6.45, 7) is 0.376. The average molecular weight is 430 g/mol. The minimum atomic E-state index is -0.423. The lowest BCUT2D eigenvalue weighted by atomic mass is 10.2. The predicted molar refractivity (Wildman–Crippen MR) is 89.4 cm³/mol. The lowest BCUT2D eigenvalue weighted by molar-refractivity contribution is -0.129. The van der Waals surface area contributed by atoms with E-state index in [1.165, 1.54) is 6.07 Å². The van der Waals surface area contributed by atoms with Gasteiger partial charge in [0.15, 0.2) is 10.4 Å². The molecule has 0 radical (unpaired) electrons. The van der Waals surface area contributed by atoms with E-state index < -0.39 is 5.91 Å². The molecular formula is C15H14Br2N2O3. The van der Waals surface area contributed by atoms with Gasteiger partial charge in [0, 0.05) is 18.1 Å². The van der Waals surface area contributed by atoms with E-state index >= 15 is 0 Å². The van der Waals surface area contributed by atoms with Crippen LogP contribution in [-0.4, -0.2) is 30.3 Å². The third kappa shape index (κ3) is 4.45. The summed E-state index contributed by atoms with van der Waals surface area (Å²) in [5.74, 6) is -0.448. The van der Waals surface area contributed by atoms with E-state index in [2.05, 4.69) is 37.2 Å². The van der Waals surface area contributed by atoms with Gasteiger partial charge in [-0.2, -0.15) is 0 Å². The Morgan fingerprint density at radius 1 is 1.18 bits per heavy atom. The molecule has 0 aliphatic heterocycles. The van der Waals surface area contributed by atoms with Crippen molar-refractivity contribution in [2.45, 2.75) is 6.54 Å². The van der Waals surface area contributed by atoms with Crippen LogP contribution in [0.5, 0.6) is 0 Å². The van der Waals surface area contributed by atoms with E-state index in [0.717, 1.165) is 10.0 Å². The predicted octanol–water partition coefficient (Wildman–Crippen LogP) is 3.19. The number of amides is 2. The zero-order valence-corrected chi connectivity index (χ0v) is 15.0. The Bertz CT molecular complexity index is 685. The minimum absolute atomic E-state index is 0.0852. The molecule has 0 atom stereocenters. The van der Waals surface area contributed by atoms with Crippen LogP contribution in [0.25, 0.3) is 0 Å². The van der Waals surface area contributed by atoms with Gasteiger partial charge < -0.3 is 14.6 Å². The molecule has 7 heteroatoms. The van der Waals surface area contributed by atoms with Crippen LogP contribution in [0.1, 0.15) is 16.1 Å². The van der Waals surface area contributed by atoms with E-state index in [9.17, 15) is 9.59 Å². The Morgan fingerprint density at radius 3 is 2.55 bits per heavy atom. The second-order valence-corrected chi connectivity index (χ2v) is 6.26. The van der Waals surface area contributed by atoms with Gasteiger partial charge in [-0.3, -0.25) is 9.59 Å². The highest BCUT2D eigenvalue weighted by Crippen LogP contribution is 2.17. The fourth-order valence-electron chi connectivity index (χ4n) is 1.78. The lowest BCUT2D eigenvalue weighted by Gasteiger charge is -2.18. The Kier molecular flexibility index (Phi) is 5.79. The number of rotatable bonds is 5. The molecule has 0 aliphatic carbocycles. The van der Waals surface area contributed by atoms with Crippen LogP contribution in [-0.2, 0) is 11.3 Å². The van der Waals surface area contributed by atoms with Crippen molar-refractivity contribution >= 4 is 43.7 Å². The maximum absolute atomic E-state index is 12.1. The highest BCUT2D eigenvalue weighted by atomic mass is 79.9. The average Bonchev–Trinajstić information content (AvgIpc) is 2.93. The van der Waals surface area contributed by atoms with E-state index in [0.29, 0.717) is 11.2 Å². The molecular weight excluding hydrogens is 416 g/mol. The molecule has 0 unspecified atom stereocenters. The van der Waals surface area contributed by atoms with Gasteiger partial charge in [-0.1, -0.05) is 34.1 Å². The van der Waals surface area contributed by atoms with Crippen molar-refractivity contribution in [2.75, 3.05) is 13.6 Å². The van der Waals surface area contributed by atoms with Crippen LogP contribution in [0.4, 0.5) is 0 Å². The summed E-state index contributed by atoms with van der Waals surface area (Å²) in [6, 6.07) is 10.8. The molecule has 2 aromatic rings. The van der Waals surface area contributed by atoms with Crippen molar-refractivity contribution < 1.29 is 14.0 Å². The molecule has 0 fully saturated rings. The Balaban J connectivity index is 1.86. The van der Waals surface area contributed by atoms with Crippen LogP contribution in [0.2, 0.25) is 0 Å². The highest BCUT2D eigenvalue weighted by molar-refractivity contribution is 9.10. The van der Waals surface area contributed by atoms with Gasteiger partial charge in [0.05, 0.1) is 6.54 Å². The summed E-state index contributed by atoms with van der Waals surface area (Å²) in [7, 11) is 1.69. The first-order chi connectivity index (χ1) is 10.5. The fraction of sp³-hybridized carbons (Fsp3) is 0.200. The first kappa shape index (κ1) is 16.8. The standard InChI is InChI=1S/C15H14Br2N2O3/c1-19(9-10-4-2-3-5-11(10)16)14(20)8-18-15(21)12-6-7-13(17)22-12/h2-7H,8-9H2,1H3,(H,18,21). The molecule has 1 heterocycles. The van der Waals surface area contributed by atoms with E-state index in [1.54, 1.807) is 18.0 Å². The maximum Gasteiger partial charge on any atom is 0.287 e. The van der Waals surface area contributed by atoms with Gasteiger partial charge in [0.2, 0.25) is 5.91 Å². The van der Waals surface area contributed by atoms with Crippen molar-refractivity contribution in [3.8, 4) is 0 Å². The monoisotopic (exact) mass is 428 g/mol. The molecule has 0 aliphatic rings. The number of benzene rings is 1. The van der Waals surface area contributed by atoms with E-state index in [1.807, 2.05) is 24.3 Å². The molecule has 0 saturated heterocycles. The fourth-order valence-corrected chi connectivity index (χ4v) is 2.50. The zero-order valence-electron chi connectivity index (χ0n) is 11.8. The maximum atomic E-state index is 12.1. The van der Waals surface area contributed by atoms with Crippen molar-refractivity contribution in [1.29, 1.82) is 0 Å². The highest BCUT2D eigenvalue weighted by Gasteiger charge is 2.15. The first-order valence-electron chi connectivity index (χ1n) is 6.48. The second-order valence-electron chi connectivity index (χ2n) is 4.63. The summed E-state index contributed by atoms with van der Waals surface area (Å²) in [4.78, 5) is 25.4. The number of carbonyl (C=O) groups excluding carboxylic acids is 2. The van der Waals surface area contributed by atoms with Crippen molar-refractivity contribution in [1.82, 2.24) is 10.2 Å². The summed E-state index contributed by atoms with van der Waals surface area (Å²) < 4.78 is 6.53. The summed E-state index contributed by atoms with van der Waals surface area (Å²) in [6.07, 6.45) is 0. The largest absolute Gasteiger partial charge is 0.444 e. The summed E-state index contributed by atoms with van der Waals surface area (Å²) in [5, 5.41) is 2.54. The van der Waals surface area contributed by atoms with E-state index in [-0.39, 0.29) is 18.2 Å². The number of halogens is 2. The minimum Gasteiger partial charge on any atom is -0.444 e. The quantitative estimate of drug-likeness (QED) is 0.793. The van der Waals surface area contributed by atoms with Crippen LogP contribution < -0.4 is 5.32 Å². The lowest BCUT2D eigenvalue weighted by Crippen LogP contribution is -2.37. The number of hydrogen-bond donors (Lipinski definition) is 1. The number of hydrogen-bond acceptors (Lipinski definition) is 3. The van der Waals surface area contributed by atoms with Crippen LogP contribution in [0.3, 0.4) is 0 Å². The third-order valence-electron chi connectivity index (χ3n) is 2.99. The topological polar surface area (TPSA) is 62.6 Å². The molecule has 0 saturated carbocycles. The van der Waals surface area contributed by atoms with E-state index in [4.69, 9.17) is 4.42 Å². The normalized spacial score (nSPS) is 10.3. The second kappa shape index (κ2) is 7.60. The van der Waals surface area contributed by atoms with Gasteiger partial charge in [0.25, 0.3) is 5.91 Å². The summed E-state index contributed by atoms with van der Waals surface area (Å²) >= 11 is 6.57. The van der Waals surface area contributed by atoms with Gasteiger partial charge in [0.1, 0.15) is 0 Å². The van der Waals surface area contributed by atoms with Gasteiger partial charge in [-0.15, -0.1) is 0 Å². The van der Waals surface area contributed by atoms with Crippen molar-refractivity contribution in [2.24, 2.45) is 0 Å². The van der Waals surface area contributed by atoms with Crippen molar-refractivity contribution in [3.05, 3.63) is 56.9 Å². The Morgan fingerprint density at radius 2 is 1.91 bits per heavy atom. The molecule has 1 aromatic heterocycles. The molecule has 0 bridgehead atoms. The number of furan rings is 1. The van der Waals surface area contributed by atoms with Crippen LogP contribution in [0, 0.1) is 0 Å². The molecule has 1 aromatic carbocycles. The Labute approximate surface area is 144 Å². The van der Waals surface area contributed by atoms with Gasteiger partial charge in [-0.25, -0.2) is 0 Å². The Hall–Kier alpha value is -1.60. The molecule has 22 heavy (non-hydrogen) atoms. The molecule has 5 nitrogen and oxygen atoms in total. The van der Waals surface area contributed by atoms with Gasteiger partial charge >= 0.3 is 0 Å². The smallest absolute Gasteiger partial charge is 0.287 e. The number of likely N-dealkylation sites (N-methyl/N-ethyl adjacent to an activating group) is 1. The SMILES string of the molecule is CN(Cc1ccccc1Br)C(=O)CNC(=O)c1ccc(Br)o1. The molecule has 1 N–H and O–H groups in total. The van der Waals surface area contributed by atoms with Crippen LogP contribution >= 0.6 is 31.9 Å². The molecule has 2 rings (SSSR count). The number of nitrogens with one attached hydrogen (secondary N) is 1. The molecule has 2 amide bonds. The number of nitrogens with zero attached hydrogens (tertiary/aromatic N) is 1. The molecule has 0 spiro atoms. The summed E-state index contributed by atoms with van der Waals surface area (Å²) in [5.41, 5.74) is 1.000. The third-order valence-corrected chi connectivity index (χ3v) is 4.19.